The topological polar surface area (TPSA) is 145 Å². The first kappa shape index (κ1) is 19.3. The zero-order chi connectivity index (χ0) is 26.9. The minimum Gasteiger partial charge on any atom is -0.494 e. The highest BCUT2D eigenvalue weighted by Gasteiger charge is 2.26. The van der Waals surface area contributed by atoms with Crippen LogP contribution in [0.25, 0.3) is 11.4 Å². The highest BCUT2D eigenvalue weighted by molar-refractivity contribution is 6.00. The predicted molar refractivity (Wildman–Crippen MR) is 126 cm³/mol. The van der Waals surface area contributed by atoms with E-state index in [2.05, 4.69) is 30.9 Å². The van der Waals surface area contributed by atoms with Gasteiger partial charge in [-0.25, -0.2) is 4.98 Å². The smallest absolute Gasteiger partial charge is 0.273 e. The molecule has 0 atom stereocenters. The molecule has 0 unspecified atom stereocenters. The van der Waals surface area contributed by atoms with Crippen molar-refractivity contribution in [1.29, 1.82) is 0 Å². The first-order valence-electron chi connectivity index (χ1n) is 12.6. The van der Waals surface area contributed by atoms with Gasteiger partial charge in [0.15, 0.2) is 23.0 Å². The molecule has 2 aromatic heterocycles. The summed E-state index contributed by atoms with van der Waals surface area (Å²) in [6.07, 6.45) is 3.40. The number of anilines is 2. The van der Waals surface area contributed by atoms with Gasteiger partial charge in [-0.05, 0) is 31.0 Å². The van der Waals surface area contributed by atoms with Gasteiger partial charge in [-0.15, -0.1) is 10.2 Å². The Morgan fingerprint density at radius 3 is 2.80 bits per heavy atom. The lowest BCUT2D eigenvalue weighted by molar-refractivity contribution is -0.0408. The largest absolute Gasteiger partial charge is 0.494 e. The molecule has 182 valence electrons. The predicted octanol–water partition coefficient (Wildman–Crippen LogP) is 1.39. The van der Waals surface area contributed by atoms with Gasteiger partial charge in [0, 0.05) is 29.6 Å². The standard InChI is InChI=1S/C23H26N8O4/c1-24-23(33)19-17(8-18(28-29-19)22(32)26-14-6-7-14)27-16-5-3-4-15(20(16)34-2)21-25-12-31(30-21)9-13-10-35-11-13/h3-5,8,12-14H,6-7,9-11H2,1-2H3,(H,24,33)(H,26,32)(H,27,28)/i1D3. The second-order valence-corrected chi connectivity index (χ2v) is 8.40. The minimum absolute atomic E-state index is 0.0275. The summed E-state index contributed by atoms with van der Waals surface area (Å²) in [4.78, 5) is 29.7. The monoisotopic (exact) mass is 481 g/mol. The third kappa shape index (κ3) is 4.92. The number of benzene rings is 1. The Morgan fingerprint density at radius 1 is 1.23 bits per heavy atom. The van der Waals surface area contributed by atoms with Gasteiger partial charge in [0.1, 0.15) is 6.33 Å². The van der Waals surface area contributed by atoms with Crippen molar-refractivity contribution in [2.45, 2.75) is 25.4 Å². The number of para-hydroxylation sites is 1. The van der Waals surface area contributed by atoms with Gasteiger partial charge in [0.25, 0.3) is 11.8 Å². The molecule has 0 spiro atoms. The molecule has 12 heteroatoms. The van der Waals surface area contributed by atoms with Crippen molar-refractivity contribution in [2.75, 3.05) is 32.6 Å². The molecule has 0 bridgehead atoms. The van der Waals surface area contributed by atoms with Gasteiger partial charge in [-0.3, -0.25) is 14.3 Å². The van der Waals surface area contributed by atoms with Crippen LogP contribution >= 0.6 is 0 Å². The summed E-state index contributed by atoms with van der Waals surface area (Å²) >= 11 is 0. The van der Waals surface area contributed by atoms with Crippen molar-refractivity contribution in [1.82, 2.24) is 35.6 Å². The molecule has 1 aromatic carbocycles. The number of carbonyl (C=O) groups is 2. The van der Waals surface area contributed by atoms with Crippen molar-refractivity contribution in [3.8, 4) is 17.1 Å². The second kappa shape index (κ2) is 9.66. The summed E-state index contributed by atoms with van der Waals surface area (Å²) in [6, 6.07) is 6.66. The third-order valence-corrected chi connectivity index (χ3v) is 5.69. The maximum atomic E-state index is 12.7. The number of hydrogen-bond donors (Lipinski definition) is 3. The Bertz CT molecular complexity index is 1350. The van der Waals surface area contributed by atoms with Crippen LogP contribution in [0.15, 0.2) is 30.6 Å². The zero-order valence-corrected chi connectivity index (χ0v) is 18.9. The molecule has 5 rings (SSSR count). The number of nitrogens with one attached hydrogen (secondary N) is 3. The molecule has 1 aliphatic carbocycles. The van der Waals surface area contributed by atoms with E-state index in [9.17, 15) is 9.59 Å². The number of carbonyl (C=O) groups excluding carboxylic acids is 2. The van der Waals surface area contributed by atoms with Gasteiger partial charge in [0.2, 0.25) is 0 Å². The average molecular weight is 482 g/mol. The highest BCUT2D eigenvalue weighted by atomic mass is 16.5. The molecular formula is C23H26N8O4. The van der Waals surface area contributed by atoms with E-state index in [1.165, 1.54) is 13.2 Å². The molecule has 2 fully saturated rings. The van der Waals surface area contributed by atoms with Gasteiger partial charge in [-0.2, -0.15) is 5.10 Å². The first-order chi connectivity index (χ1) is 18.2. The normalized spacial score (nSPS) is 16.9. The van der Waals surface area contributed by atoms with E-state index in [1.54, 1.807) is 29.2 Å². The Labute approximate surface area is 205 Å². The van der Waals surface area contributed by atoms with Crippen molar-refractivity contribution >= 4 is 23.2 Å². The second-order valence-electron chi connectivity index (χ2n) is 8.40. The van der Waals surface area contributed by atoms with Gasteiger partial charge in [0.05, 0.1) is 37.3 Å². The molecule has 1 aliphatic heterocycles. The average Bonchev–Trinajstić information content (AvgIpc) is 3.53. The first-order valence-corrected chi connectivity index (χ1v) is 11.1. The molecule has 35 heavy (non-hydrogen) atoms. The molecule has 2 amide bonds. The van der Waals surface area contributed by atoms with Crippen molar-refractivity contribution < 1.29 is 23.2 Å². The van der Waals surface area contributed by atoms with Crippen LogP contribution in [0.5, 0.6) is 5.75 Å². The number of amides is 2. The lowest BCUT2D eigenvalue weighted by Gasteiger charge is -2.25. The van der Waals surface area contributed by atoms with Crippen LogP contribution in [-0.4, -0.2) is 70.1 Å². The van der Waals surface area contributed by atoms with Gasteiger partial charge >= 0.3 is 0 Å². The number of aromatic nitrogens is 5. The van der Waals surface area contributed by atoms with Crippen molar-refractivity contribution in [3.05, 3.63) is 42.0 Å². The van der Waals surface area contributed by atoms with Crippen LogP contribution in [0.4, 0.5) is 11.4 Å². The summed E-state index contributed by atoms with van der Waals surface area (Å²) in [5.41, 5.74) is 0.741. The SMILES string of the molecule is [2H]C([2H])([2H])NC(=O)c1nnc(C(=O)NC2CC2)cc1Nc1cccc(-c2ncn(CC3COC3)n2)c1OC. The van der Waals surface area contributed by atoms with Crippen molar-refractivity contribution in [3.63, 3.8) is 0 Å². The van der Waals surface area contributed by atoms with Crippen LogP contribution in [0.2, 0.25) is 0 Å². The number of nitrogens with zero attached hydrogens (tertiary/aromatic N) is 5. The minimum atomic E-state index is -2.74. The lowest BCUT2D eigenvalue weighted by Crippen LogP contribution is -2.31. The summed E-state index contributed by atoms with van der Waals surface area (Å²) in [5.74, 6) is -0.226. The van der Waals surface area contributed by atoms with Crippen LogP contribution in [0.1, 0.15) is 37.9 Å². The summed E-state index contributed by atoms with van der Waals surface area (Å²) in [5, 5.41) is 20.1. The van der Waals surface area contributed by atoms with Crippen LogP contribution < -0.4 is 20.7 Å². The maximum absolute atomic E-state index is 12.7. The molecule has 3 heterocycles. The van der Waals surface area contributed by atoms with E-state index >= 15 is 0 Å². The Kier molecular flexibility index (Phi) is 5.32. The fourth-order valence-electron chi connectivity index (χ4n) is 3.65. The molecule has 3 N–H and O–H groups in total. The molecule has 12 nitrogen and oxygen atoms in total. The van der Waals surface area contributed by atoms with Crippen LogP contribution in [0.3, 0.4) is 0 Å². The van der Waals surface area contributed by atoms with Crippen molar-refractivity contribution in [2.24, 2.45) is 5.92 Å². The van der Waals surface area contributed by atoms with E-state index in [4.69, 9.17) is 13.6 Å². The quantitative estimate of drug-likeness (QED) is 0.413. The maximum Gasteiger partial charge on any atom is 0.273 e. The molecule has 1 saturated carbocycles. The molecule has 2 aliphatic rings. The number of rotatable bonds is 9. The Morgan fingerprint density at radius 2 is 2.09 bits per heavy atom. The summed E-state index contributed by atoms with van der Waals surface area (Å²) in [6.45, 7) is -0.679. The van der Waals surface area contributed by atoms with Crippen LogP contribution in [-0.2, 0) is 11.3 Å². The van der Waals surface area contributed by atoms with Gasteiger partial charge < -0.3 is 25.4 Å². The fraction of sp³-hybridized carbons (Fsp3) is 0.391. The summed E-state index contributed by atoms with van der Waals surface area (Å²) in [7, 11) is 1.48. The molecule has 0 radical (unpaired) electrons. The van der Waals surface area contributed by atoms with E-state index in [1.807, 2.05) is 5.32 Å². The Hall–Kier alpha value is -4.06. The zero-order valence-electron chi connectivity index (χ0n) is 21.9. The van der Waals surface area contributed by atoms with E-state index in [0.29, 0.717) is 48.5 Å². The third-order valence-electron chi connectivity index (χ3n) is 5.69. The van der Waals surface area contributed by atoms with E-state index < -0.39 is 18.8 Å². The van der Waals surface area contributed by atoms with Gasteiger partial charge in [-0.1, -0.05) is 6.07 Å². The number of hydrogen-bond acceptors (Lipinski definition) is 9. The highest BCUT2D eigenvalue weighted by Crippen LogP contribution is 2.37. The fourth-order valence-corrected chi connectivity index (χ4v) is 3.65. The number of methoxy groups -OCH3 is 1. The van der Waals surface area contributed by atoms with E-state index in [0.717, 1.165) is 12.8 Å². The Balaban J connectivity index is 1.47. The molecule has 3 aromatic rings. The molecular weight excluding hydrogens is 452 g/mol. The lowest BCUT2D eigenvalue weighted by atomic mass is 10.1. The summed E-state index contributed by atoms with van der Waals surface area (Å²) < 4.78 is 34.7. The molecule has 1 saturated heterocycles. The number of ether oxygens (including phenoxy) is 2. The van der Waals surface area contributed by atoms with Crippen LogP contribution in [0, 0.1) is 5.92 Å². The van der Waals surface area contributed by atoms with E-state index in [-0.39, 0.29) is 23.1 Å².